The van der Waals surface area contributed by atoms with E-state index in [4.69, 9.17) is 10.2 Å². The first kappa shape index (κ1) is 16.2. The van der Waals surface area contributed by atoms with E-state index in [1.54, 1.807) is 0 Å². The van der Waals surface area contributed by atoms with Crippen molar-refractivity contribution in [1.82, 2.24) is 5.32 Å². The molecule has 0 radical (unpaired) electrons. The molecule has 7 nitrogen and oxygen atoms in total. The number of hydrogen-bond acceptors (Lipinski definition) is 4. The topological polar surface area (TPSA) is 124 Å². The second-order valence-electron chi connectivity index (χ2n) is 3.96. The first-order valence-electron chi connectivity index (χ1n) is 5.55. The van der Waals surface area contributed by atoms with Crippen LogP contribution in [0.25, 0.3) is 0 Å². The minimum absolute atomic E-state index is 0.0874. The van der Waals surface area contributed by atoms with Crippen LogP contribution in [0.15, 0.2) is 18.2 Å². The van der Waals surface area contributed by atoms with Gasteiger partial charge in [0.2, 0.25) is 0 Å². The van der Waals surface area contributed by atoms with Crippen LogP contribution in [0.5, 0.6) is 5.75 Å². The number of hydrogen-bond donors (Lipinski definition) is 4. The van der Waals surface area contributed by atoms with Crippen LogP contribution >= 0.6 is 22.6 Å². The third-order valence-electron chi connectivity index (χ3n) is 2.46. The van der Waals surface area contributed by atoms with E-state index in [9.17, 15) is 19.5 Å². The molecule has 1 aromatic rings. The highest BCUT2D eigenvalue weighted by Gasteiger charge is 2.21. The van der Waals surface area contributed by atoms with Crippen molar-refractivity contribution < 1.29 is 29.7 Å². The molecule has 0 aromatic heterocycles. The van der Waals surface area contributed by atoms with Crippen molar-refractivity contribution in [2.75, 3.05) is 0 Å². The lowest BCUT2D eigenvalue weighted by Crippen LogP contribution is -2.41. The summed E-state index contributed by atoms with van der Waals surface area (Å²) in [6.07, 6.45) is -0.581. The smallest absolute Gasteiger partial charge is 0.326 e. The lowest BCUT2D eigenvalue weighted by atomic mass is 10.1. The number of carboxylic acid groups (broad SMARTS) is 2. The summed E-state index contributed by atoms with van der Waals surface area (Å²) in [4.78, 5) is 33.2. The molecule has 1 rings (SSSR count). The molecule has 0 spiro atoms. The van der Waals surface area contributed by atoms with Crippen molar-refractivity contribution in [3.05, 3.63) is 27.3 Å². The van der Waals surface area contributed by atoms with Gasteiger partial charge >= 0.3 is 11.9 Å². The maximum Gasteiger partial charge on any atom is 0.326 e. The molecule has 0 heterocycles. The first-order chi connectivity index (χ1) is 9.31. The highest BCUT2D eigenvalue weighted by atomic mass is 127. The molecule has 0 aliphatic rings. The van der Waals surface area contributed by atoms with Crippen LogP contribution in [0.4, 0.5) is 0 Å². The Hall–Kier alpha value is -1.84. The maximum atomic E-state index is 11.8. The number of aliphatic carboxylic acids is 2. The first-order valence-corrected chi connectivity index (χ1v) is 6.63. The molecule has 0 aliphatic carbocycles. The summed E-state index contributed by atoms with van der Waals surface area (Å²) >= 11 is 1.88. The van der Waals surface area contributed by atoms with E-state index in [0.29, 0.717) is 3.57 Å². The summed E-state index contributed by atoms with van der Waals surface area (Å²) in [6, 6.07) is 2.87. The number of halogens is 1. The molecule has 4 N–H and O–H groups in total. The summed E-state index contributed by atoms with van der Waals surface area (Å²) in [5.41, 5.74) is 0.101. The molecule has 108 valence electrons. The highest BCUT2D eigenvalue weighted by molar-refractivity contribution is 14.1. The number of phenolic OH excluding ortho intramolecular Hbond substituents is 1. The van der Waals surface area contributed by atoms with Gasteiger partial charge in [-0.25, -0.2) is 4.79 Å². The van der Waals surface area contributed by atoms with Crippen LogP contribution in [-0.2, 0) is 9.59 Å². The molecular formula is C12H12INO6. The SMILES string of the molecule is O=C(O)CC[C@H](NC(=O)c1ccc(I)c(O)c1)C(=O)O. The van der Waals surface area contributed by atoms with Gasteiger partial charge in [0.05, 0.1) is 3.57 Å². The second kappa shape index (κ2) is 7.08. The van der Waals surface area contributed by atoms with Crippen molar-refractivity contribution in [1.29, 1.82) is 0 Å². The minimum atomic E-state index is -1.31. The Morgan fingerprint density at radius 3 is 2.40 bits per heavy atom. The number of benzene rings is 1. The number of carboxylic acids is 2. The number of carbonyl (C=O) groups is 3. The highest BCUT2D eigenvalue weighted by Crippen LogP contribution is 2.20. The molecule has 0 saturated heterocycles. The van der Waals surface area contributed by atoms with E-state index in [1.165, 1.54) is 18.2 Å². The van der Waals surface area contributed by atoms with Crippen molar-refractivity contribution in [3.8, 4) is 5.75 Å². The van der Waals surface area contributed by atoms with Gasteiger partial charge in [-0.15, -0.1) is 0 Å². The zero-order valence-electron chi connectivity index (χ0n) is 10.2. The Balaban J connectivity index is 2.77. The quantitative estimate of drug-likeness (QED) is 0.536. The molecular weight excluding hydrogens is 381 g/mol. The van der Waals surface area contributed by atoms with E-state index in [2.05, 4.69) is 5.32 Å². The van der Waals surface area contributed by atoms with Gasteiger partial charge in [0.1, 0.15) is 11.8 Å². The van der Waals surface area contributed by atoms with Gasteiger partial charge in [-0.2, -0.15) is 0 Å². The Bertz CT molecular complexity index is 545. The fraction of sp³-hybridized carbons (Fsp3) is 0.250. The molecule has 1 atom stereocenters. The monoisotopic (exact) mass is 393 g/mol. The van der Waals surface area contributed by atoms with Crippen LogP contribution in [0.1, 0.15) is 23.2 Å². The van der Waals surface area contributed by atoms with Crippen LogP contribution in [0.2, 0.25) is 0 Å². The van der Waals surface area contributed by atoms with Gasteiger partial charge < -0.3 is 20.6 Å². The number of aromatic hydroxyl groups is 1. The van der Waals surface area contributed by atoms with Crippen molar-refractivity contribution in [2.24, 2.45) is 0 Å². The van der Waals surface area contributed by atoms with Crippen LogP contribution in [-0.4, -0.2) is 39.2 Å². The van der Waals surface area contributed by atoms with E-state index < -0.39 is 23.9 Å². The predicted octanol–water partition coefficient (Wildman–Crippen LogP) is 1.04. The Morgan fingerprint density at radius 2 is 1.90 bits per heavy atom. The summed E-state index contributed by atoms with van der Waals surface area (Å²) in [5.74, 6) is -3.23. The summed E-state index contributed by atoms with van der Waals surface area (Å²) < 4.78 is 0.555. The third-order valence-corrected chi connectivity index (χ3v) is 3.37. The number of amides is 1. The van der Waals surface area contributed by atoms with E-state index in [1.807, 2.05) is 22.6 Å². The molecule has 0 saturated carbocycles. The zero-order valence-corrected chi connectivity index (χ0v) is 12.3. The molecule has 0 aliphatic heterocycles. The van der Waals surface area contributed by atoms with Gasteiger partial charge in [0, 0.05) is 12.0 Å². The molecule has 0 unspecified atom stereocenters. The van der Waals surface area contributed by atoms with Crippen molar-refractivity contribution in [2.45, 2.75) is 18.9 Å². The molecule has 0 fully saturated rings. The fourth-order valence-electron chi connectivity index (χ4n) is 1.42. The minimum Gasteiger partial charge on any atom is -0.507 e. The third kappa shape index (κ3) is 4.68. The largest absolute Gasteiger partial charge is 0.507 e. The standard InChI is InChI=1S/C12H12INO6/c13-7-2-1-6(5-9(7)15)11(18)14-8(12(19)20)3-4-10(16)17/h1-2,5,8,15H,3-4H2,(H,14,18)(H,16,17)(H,19,20)/t8-/m0/s1. The zero-order chi connectivity index (χ0) is 15.3. The number of nitrogens with one attached hydrogen (secondary N) is 1. The van der Waals surface area contributed by atoms with Crippen molar-refractivity contribution in [3.63, 3.8) is 0 Å². The van der Waals surface area contributed by atoms with Gasteiger partial charge in [0.15, 0.2) is 0 Å². The van der Waals surface area contributed by atoms with Crippen LogP contribution in [0, 0.1) is 3.57 Å². The summed E-state index contributed by atoms with van der Waals surface area (Å²) in [7, 11) is 0. The summed E-state index contributed by atoms with van der Waals surface area (Å²) in [5, 5.41) is 29.2. The van der Waals surface area contributed by atoms with E-state index in [0.717, 1.165) is 0 Å². The molecule has 1 aromatic carbocycles. The van der Waals surface area contributed by atoms with Crippen LogP contribution in [0.3, 0.4) is 0 Å². The molecule has 1 amide bonds. The lowest BCUT2D eigenvalue weighted by Gasteiger charge is -2.13. The van der Waals surface area contributed by atoms with E-state index in [-0.39, 0.29) is 24.2 Å². The van der Waals surface area contributed by atoms with Crippen molar-refractivity contribution >= 4 is 40.4 Å². The van der Waals surface area contributed by atoms with E-state index >= 15 is 0 Å². The summed E-state index contributed by atoms with van der Waals surface area (Å²) in [6.45, 7) is 0. The Kier molecular flexibility index (Phi) is 5.74. The molecule has 0 bridgehead atoms. The normalized spacial score (nSPS) is 11.7. The second-order valence-corrected chi connectivity index (χ2v) is 5.13. The predicted molar refractivity (Wildman–Crippen MR) is 76.6 cm³/mol. The molecule has 8 heteroatoms. The average molecular weight is 393 g/mol. The van der Waals surface area contributed by atoms with Gasteiger partial charge in [-0.1, -0.05) is 0 Å². The van der Waals surface area contributed by atoms with Gasteiger partial charge in [0.25, 0.3) is 5.91 Å². The number of carbonyl (C=O) groups excluding carboxylic acids is 1. The lowest BCUT2D eigenvalue weighted by molar-refractivity contribution is -0.140. The number of phenols is 1. The van der Waals surface area contributed by atoms with Gasteiger partial charge in [-0.05, 0) is 47.2 Å². The Labute approximate surface area is 127 Å². The van der Waals surface area contributed by atoms with Gasteiger partial charge in [-0.3, -0.25) is 9.59 Å². The Morgan fingerprint density at radius 1 is 1.25 bits per heavy atom. The average Bonchev–Trinajstić information content (AvgIpc) is 2.36. The number of rotatable bonds is 6. The maximum absolute atomic E-state index is 11.8. The van der Waals surface area contributed by atoms with Crippen LogP contribution < -0.4 is 5.32 Å². The fourth-order valence-corrected chi connectivity index (χ4v) is 1.76. The molecule has 20 heavy (non-hydrogen) atoms.